The highest BCUT2D eigenvalue weighted by molar-refractivity contribution is 7.99. The van der Waals surface area contributed by atoms with Crippen molar-refractivity contribution in [3.05, 3.63) is 60.2 Å². The molecule has 144 valence electrons. The van der Waals surface area contributed by atoms with Gasteiger partial charge in [-0.25, -0.2) is 0 Å². The largest absolute Gasteiger partial charge is 0.324 e. The molecule has 1 N–H and O–H groups in total. The molecule has 0 spiro atoms. The molecule has 3 rings (SSSR count). The van der Waals surface area contributed by atoms with E-state index in [2.05, 4.69) is 34.3 Å². The SMILES string of the molecule is CN1CCN(CC(=O)Nc2ccccc2SC(F)F)C(c2ccccc2)C1. The molecule has 7 heteroatoms. The predicted molar refractivity (Wildman–Crippen MR) is 105 cm³/mol. The van der Waals surface area contributed by atoms with Crippen molar-refractivity contribution in [2.24, 2.45) is 0 Å². The Morgan fingerprint density at radius 1 is 1.15 bits per heavy atom. The Balaban J connectivity index is 1.69. The molecule has 1 heterocycles. The lowest BCUT2D eigenvalue weighted by molar-refractivity contribution is -0.118. The first kappa shape index (κ1) is 19.8. The first-order valence-corrected chi connectivity index (χ1v) is 9.72. The average Bonchev–Trinajstić information content (AvgIpc) is 2.65. The number of nitrogens with zero attached hydrogens (tertiary/aromatic N) is 2. The average molecular weight is 391 g/mol. The van der Waals surface area contributed by atoms with Crippen molar-refractivity contribution in [3.8, 4) is 0 Å². The van der Waals surface area contributed by atoms with Crippen LogP contribution in [0.1, 0.15) is 11.6 Å². The fraction of sp³-hybridized carbons (Fsp3) is 0.350. The lowest BCUT2D eigenvalue weighted by Gasteiger charge is -2.40. The van der Waals surface area contributed by atoms with E-state index in [1.807, 2.05) is 18.2 Å². The Morgan fingerprint density at radius 3 is 2.59 bits per heavy atom. The number of benzene rings is 2. The number of alkyl halides is 2. The fourth-order valence-electron chi connectivity index (χ4n) is 3.28. The molecule has 0 bridgehead atoms. The number of piperazine rings is 1. The Bertz CT molecular complexity index is 760. The van der Waals surface area contributed by atoms with Gasteiger partial charge in [0, 0.05) is 30.6 Å². The van der Waals surface area contributed by atoms with Gasteiger partial charge in [0.05, 0.1) is 12.2 Å². The minimum atomic E-state index is -2.52. The fourth-order valence-corrected chi connectivity index (χ4v) is 3.88. The number of para-hydroxylation sites is 1. The van der Waals surface area contributed by atoms with E-state index in [4.69, 9.17) is 0 Å². The summed E-state index contributed by atoms with van der Waals surface area (Å²) in [6.07, 6.45) is 0. The highest BCUT2D eigenvalue weighted by Gasteiger charge is 2.28. The van der Waals surface area contributed by atoms with Crippen LogP contribution in [0, 0.1) is 0 Å². The first-order chi connectivity index (χ1) is 13.0. The number of thioether (sulfide) groups is 1. The van der Waals surface area contributed by atoms with Crippen LogP contribution in [-0.4, -0.2) is 54.7 Å². The summed E-state index contributed by atoms with van der Waals surface area (Å²) in [7, 11) is 2.07. The van der Waals surface area contributed by atoms with E-state index >= 15 is 0 Å². The van der Waals surface area contributed by atoms with Crippen LogP contribution < -0.4 is 5.32 Å². The lowest BCUT2D eigenvalue weighted by Crippen LogP contribution is -2.49. The van der Waals surface area contributed by atoms with E-state index in [0.29, 0.717) is 22.3 Å². The minimum absolute atomic E-state index is 0.126. The monoisotopic (exact) mass is 391 g/mol. The predicted octanol–water partition coefficient (Wildman–Crippen LogP) is 3.93. The van der Waals surface area contributed by atoms with Crippen molar-refractivity contribution >= 4 is 23.4 Å². The molecule has 4 nitrogen and oxygen atoms in total. The number of likely N-dealkylation sites (N-methyl/N-ethyl adjacent to an activating group) is 1. The number of halogens is 2. The summed E-state index contributed by atoms with van der Waals surface area (Å²) in [4.78, 5) is 17.4. The molecular formula is C20H23F2N3OS. The van der Waals surface area contributed by atoms with E-state index in [0.717, 1.165) is 19.6 Å². The topological polar surface area (TPSA) is 35.6 Å². The summed E-state index contributed by atoms with van der Waals surface area (Å²) in [6, 6.07) is 16.9. The summed E-state index contributed by atoms with van der Waals surface area (Å²) in [5, 5.41) is 2.80. The zero-order chi connectivity index (χ0) is 19.2. The zero-order valence-corrected chi connectivity index (χ0v) is 16.0. The molecule has 0 aromatic heterocycles. The van der Waals surface area contributed by atoms with Gasteiger partial charge in [-0.05, 0) is 24.7 Å². The molecule has 0 saturated carbocycles. The van der Waals surface area contributed by atoms with Crippen molar-refractivity contribution in [1.82, 2.24) is 9.80 Å². The zero-order valence-electron chi connectivity index (χ0n) is 15.1. The van der Waals surface area contributed by atoms with Gasteiger partial charge in [-0.2, -0.15) is 8.78 Å². The molecule has 1 saturated heterocycles. The molecule has 2 aromatic carbocycles. The first-order valence-electron chi connectivity index (χ1n) is 8.84. The van der Waals surface area contributed by atoms with Crippen LogP contribution in [-0.2, 0) is 4.79 Å². The summed E-state index contributed by atoms with van der Waals surface area (Å²) in [6.45, 7) is 2.72. The highest BCUT2D eigenvalue weighted by Crippen LogP contribution is 2.32. The standard InChI is InChI=1S/C20H23F2N3OS/c1-24-11-12-25(17(13-24)15-7-3-2-4-8-15)14-19(26)23-16-9-5-6-10-18(16)27-20(21)22/h2-10,17,20H,11-14H2,1H3,(H,23,26). The summed E-state index contributed by atoms with van der Waals surface area (Å²) in [5.41, 5.74) is 1.60. The highest BCUT2D eigenvalue weighted by atomic mass is 32.2. The summed E-state index contributed by atoms with van der Waals surface area (Å²) < 4.78 is 25.4. The number of amides is 1. The molecule has 27 heavy (non-hydrogen) atoms. The van der Waals surface area contributed by atoms with E-state index in [9.17, 15) is 13.6 Å². The van der Waals surface area contributed by atoms with Crippen LogP contribution in [0.25, 0.3) is 0 Å². The number of hydrogen-bond acceptors (Lipinski definition) is 4. The van der Waals surface area contributed by atoms with Gasteiger partial charge in [-0.3, -0.25) is 9.69 Å². The number of hydrogen-bond donors (Lipinski definition) is 1. The molecule has 2 aromatic rings. The van der Waals surface area contributed by atoms with Crippen molar-refractivity contribution in [1.29, 1.82) is 0 Å². The second-order valence-corrected chi connectivity index (χ2v) is 7.61. The minimum Gasteiger partial charge on any atom is -0.324 e. The summed E-state index contributed by atoms with van der Waals surface area (Å²) >= 11 is 0.442. The van der Waals surface area contributed by atoms with Gasteiger partial charge in [0.1, 0.15) is 0 Å². The van der Waals surface area contributed by atoms with E-state index in [1.165, 1.54) is 5.56 Å². The van der Waals surface area contributed by atoms with Gasteiger partial charge >= 0.3 is 0 Å². The number of anilines is 1. The molecule has 0 radical (unpaired) electrons. The van der Waals surface area contributed by atoms with Crippen molar-refractivity contribution in [2.45, 2.75) is 16.7 Å². The molecule has 0 aliphatic carbocycles. The van der Waals surface area contributed by atoms with E-state index in [1.54, 1.807) is 24.3 Å². The van der Waals surface area contributed by atoms with E-state index in [-0.39, 0.29) is 18.5 Å². The van der Waals surface area contributed by atoms with Crippen LogP contribution in [0.4, 0.5) is 14.5 Å². The molecule has 1 aliphatic rings. The van der Waals surface area contributed by atoms with Crippen LogP contribution in [0.3, 0.4) is 0 Å². The van der Waals surface area contributed by atoms with Crippen molar-refractivity contribution < 1.29 is 13.6 Å². The normalized spacial score (nSPS) is 18.6. The molecule has 1 atom stereocenters. The maximum Gasteiger partial charge on any atom is 0.288 e. The van der Waals surface area contributed by atoms with Crippen molar-refractivity contribution in [2.75, 3.05) is 38.5 Å². The van der Waals surface area contributed by atoms with Crippen molar-refractivity contribution in [3.63, 3.8) is 0 Å². The molecule has 1 unspecified atom stereocenters. The quantitative estimate of drug-likeness (QED) is 0.757. The third-order valence-corrected chi connectivity index (χ3v) is 5.39. The molecule has 1 fully saturated rings. The van der Waals surface area contributed by atoms with Crippen LogP contribution in [0.2, 0.25) is 0 Å². The van der Waals surface area contributed by atoms with Crippen LogP contribution in [0.15, 0.2) is 59.5 Å². The molecular weight excluding hydrogens is 368 g/mol. The Kier molecular flexibility index (Phi) is 6.82. The number of rotatable bonds is 6. The molecule has 1 amide bonds. The van der Waals surface area contributed by atoms with Gasteiger partial charge < -0.3 is 10.2 Å². The number of carbonyl (C=O) groups excluding carboxylic acids is 1. The van der Waals surface area contributed by atoms with Crippen LogP contribution in [0.5, 0.6) is 0 Å². The maximum absolute atomic E-state index is 12.7. The van der Waals surface area contributed by atoms with Crippen LogP contribution >= 0.6 is 11.8 Å². The third kappa shape index (κ3) is 5.51. The third-order valence-electron chi connectivity index (χ3n) is 4.60. The van der Waals surface area contributed by atoms with Gasteiger partial charge in [-0.15, -0.1) is 0 Å². The lowest BCUT2D eigenvalue weighted by atomic mass is 10.0. The Hall–Kier alpha value is -1.96. The maximum atomic E-state index is 12.7. The molecule has 1 aliphatic heterocycles. The smallest absolute Gasteiger partial charge is 0.288 e. The Labute approximate surface area is 162 Å². The van der Waals surface area contributed by atoms with Gasteiger partial charge in [-0.1, -0.05) is 54.2 Å². The second-order valence-electron chi connectivity index (χ2n) is 6.58. The second kappa shape index (κ2) is 9.30. The summed E-state index contributed by atoms with van der Waals surface area (Å²) in [5.74, 6) is -2.72. The number of carbonyl (C=O) groups is 1. The van der Waals surface area contributed by atoms with E-state index < -0.39 is 5.76 Å². The van der Waals surface area contributed by atoms with Gasteiger partial charge in [0.2, 0.25) is 5.91 Å². The van der Waals surface area contributed by atoms with Gasteiger partial charge in [0.15, 0.2) is 0 Å². The van der Waals surface area contributed by atoms with Gasteiger partial charge in [0.25, 0.3) is 5.76 Å². The Morgan fingerprint density at radius 2 is 1.85 bits per heavy atom. The number of nitrogens with one attached hydrogen (secondary N) is 1.